The van der Waals surface area contributed by atoms with Gasteiger partial charge in [0.1, 0.15) is 0 Å². The van der Waals surface area contributed by atoms with Gasteiger partial charge in [-0.2, -0.15) is 0 Å². The van der Waals surface area contributed by atoms with Crippen molar-refractivity contribution in [2.75, 3.05) is 6.54 Å². The Labute approximate surface area is 108 Å². The summed E-state index contributed by atoms with van der Waals surface area (Å²) in [5.41, 5.74) is 6.69. The lowest BCUT2D eigenvalue weighted by Gasteiger charge is -2.08. The number of sulfonamides is 1. The van der Waals surface area contributed by atoms with Gasteiger partial charge in [-0.3, -0.25) is 0 Å². The van der Waals surface area contributed by atoms with Crippen LogP contribution < -0.4 is 10.5 Å². The lowest BCUT2D eigenvalue weighted by atomic mass is 10.1. The lowest BCUT2D eigenvalue weighted by Crippen LogP contribution is -2.26. The van der Waals surface area contributed by atoms with E-state index in [9.17, 15) is 8.42 Å². The summed E-state index contributed by atoms with van der Waals surface area (Å²) < 4.78 is 27.0. The van der Waals surface area contributed by atoms with Gasteiger partial charge in [-0.1, -0.05) is 17.9 Å². The van der Waals surface area contributed by atoms with Crippen LogP contribution in [0.25, 0.3) is 0 Å². The van der Waals surface area contributed by atoms with Crippen LogP contribution in [0.2, 0.25) is 0 Å². The Balaban J connectivity index is 2.36. The average Bonchev–Trinajstić information content (AvgIpc) is 3.11. The molecule has 1 saturated carbocycles. The van der Waals surface area contributed by atoms with E-state index < -0.39 is 10.0 Å². The zero-order chi connectivity index (χ0) is 13.2. The van der Waals surface area contributed by atoms with Crippen LogP contribution >= 0.6 is 0 Å². The summed E-state index contributed by atoms with van der Waals surface area (Å²) in [7, 11) is -3.42. The number of rotatable bonds is 3. The van der Waals surface area contributed by atoms with E-state index in [4.69, 9.17) is 5.73 Å². The summed E-state index contributed by atoms with van der Waals surface area (Å²) in [6, 6.07) is 5.27. The first-order chi connectivity index (χ1) is 8.53. The summed E-state index contributed by atoms with van der Waals surface area (Å²) in [6.07, 6.45) is 1.84. The Morgan fingerprint density at radius 2 is 2.17 bits per heavy atom. The first kappa shape index (κ1) is 13.1. The Hall–Kier alpha value is -1.35. The fraction of sp³-hybridized carbons (Fsp3) is 0.385. The molecule has 0 aromatic heterocycles. The maximum absolute atomic E-state index is 12.1. The molecule has 1 aliphatic rings. The van der Waals surface area contributed by atoms with Crippen molar-refractivity contribution in [2.24, 2.45) is 5.73 Å². The van der Waals surface area contributed by atoms with Gasteiger partial charge in [0.25, 0.3) is 0 Å². The number of nitrogens with two attached hydrogens (primary N) is 1. The highest BCUT2D eigenvalue weighted by Gasteiger charge is 2.28. The average molecular weight is 264 g/mol. The van der Waals surface area contributed by atoms with Crippen LogP contribution in [0.15, 0.2) is 23.1 Å². The van der Waals surface area contributed by atoms with Crippen molar-refractivity contribution in [3.05, 3.63) is 29.3 Å². The minimum atomic E-state index is -3.42. The molecule has 5 heteroatoms. The molecular weight excluding hydrogens is 248 g/mol. The third kappa shape index (κ3) is 3.10. The van der Waals surface area contributed by atoms with E-state index in [1.165, 1.54) is 0 Å². The van der Waals surface area contributed by atoms with E-state index in [2.05, 4.69) is 16.6 Å². The van der Waals surface area contributed by atoms with Crippen molar-refractivity contribution >= 4 is 10.0 Å². The van der Waals surface area contributed by atoms with E-state index in [0.29, 0.717) is 10.5 Å². The van der Waals surface area contributed by atoms with Crippen molar-refractivity contribution in [3.8, 4) is 11.8 Å². The highest BCUT2D eigenvalue weighted by atomic mass is 32.2. The number of hydrogen-bond acceptors (Lipinski definition) is 3. The molecule has 0 heterocycles. The first-order valence-electron chi connectivity index (χ1n) is 5.85. The summed E-state index contributed by atoms with van der Waals surface area (Å²) in [5.74, 6) is 5.56. The van der Waals surface area contributed by atoms with Crippen LogP contribution in [0.1, 0.15) is 24.0 Å². The molecule has 0 atom stereocenters. The van der Waals surface area contributed by atoms with Crippen LogP contribution in [0.3, 0.4) is 0 Å². The minimum Gasteiger partial charge on any atom is -0.320 e. The predicted molar refractivity (Wildman–Crippen MR) is 70.5 cm³/mol. The van der Waals surface area contributed by atoms with Gasteiger partial charge in [-0.25, -0.2) is 13.1 Å². The second-order valence-corrected chi connectivity index (χ2v) is 6.06. The third-order valence-corrected chi connectivity index (χ3v) is 4.37. The monoisotopic (exact) mass is 264 g/mol. The molecule has 1 aliphatic carbocycles. The summed E-state index contributed by atoms with van der Waals surface area (Å²) in [4.78, 5) is 0.304. The van der Waals surface area contributed by atoms with Gasteiger partial charge in [0.15, 0.2) is 0 Å². The van der Waals surface area contributed by atoms with E-state index in [-0.39, 0.29) is 12.6 Å². The smallest absolute Gasteiger partial charge is 0.241 e. The van der Waals surface area contributed by atoms with Gasteiger partial charge in [0.2, 0.25) is 10.0 Å². The maximum Gasteiger partial charge on any atom is 0.241 e. The summed E-state index contributed by atoms with van der Waals surface area (Å²) in [5, 5.41) is 0. The number of aryl methyl sites for hydroxylation is 1. The molecule has 0 unspecified atom stereocenters. The molecule has 4 nitrogen and oxygen atoms in total. The van der Waals surface area contributed by atoms with Crippen LogP contribution in [0, 0.1) is 18.8 Å². The van der Waals surface area contributed by atoms with Crippen molar-refractivity contribution in [1.29, 1.82) is 0 Å². The van der Waals surface area contributed by atoms with Gasteiger partial charge >= 0.3 is 0 Å². The zero-order valence-corrected chi connectivity index (χ0v) is 11.0. The fourth-order valence-corrected chi connectivity index (χ4v) is 3.18. The van der Waals surface area contributed by atoms with E-state index in [1.807, 2.05) is 0 Å². The normalized spacial score (nSPS) is 15.0. The fourth-order valence-electron chi connectivity index (χ4n) is 1.60. The largest absolute Gasteiger partial charge is 0.320 e. The van der Waals surface area contributed by atoms with Crippen LogP contribution in [0.5, 0.6) is 0 Å². The maximum atomic E-state index is 12.1. The predicted octanol–water partition coefficient (Wildman–Crippen LogP) is 0.746. The molecule has 3 N–H and O–H groups in total. The number of hydrogen-bond donors (Lipinski definition) is 2. The van der Waals surface area contributed by atoms with Crippen molar-refractivity contribution in [1.82, 2.24) is 4.72 Å². The Morgan fingerprint density at radius 1 is 1.44 bits per heavy atom. The molecular formula is C13H16N2O2S. The SMILES string of the molecule is Cc1ccc(C#CCN)cc1S(=O)(=O)NC1CC1. The van der Waals surface area contributed by atoms with Gasteiger partial charge in [-0.05, 0) is 37.5 Å². The number of benzene rings is 1. The van der Waals surface area contributed by atoms with Crippen molar-refractivity contribution in [3.63, 3.8) is 0 Å². The molecule has 2 rings (SSSR count). The van der Waals surface area contributed by atoms with Gasteiger partial charge < -0.3 is 5.73 Å². The summed E-state index contributed by atoms with van der Waals surface area (Å²) in [6.45, 7) is 2.04. The second-order valence-electron chi connectivity index (χ2n) is 4.38. The van der Waals surface area contributed by atoms with Crippen molar-refractivity contribution in [2.45, 2.75) is 30.7 Å². The third-order valence-electron chi connectivity index (χ3n) is 2.71. The Morgan fingerprint density at radius 3 is 2.78 bits per heavy atom. The number of nitrogens with one attached hydrogen (secondary N) is 1. The summed E-state index contributed by atoms with van der Waals surface area (Å²) >= 11 is 0. The lowest BCUT2D eigenvalue weighted by molar-refractivity contribution is 0.580. The van der Waals surface area contributed by atoms with Gasteiger partial charge in [-0.15, -0.1) is 0 Å². The van der Waals surface area contributed by atoms with Gasteiger partial charge in [0, 0.05) is 11.6 Å². The highest BCUT2D eigenvalue weighted by molar-refractivity contribution is 7.89. The molecule has 0 saturated heterocycles. The zero-order valence-electron chi connectivity index (χ0n) is 10.2. The van der Waals surface area contributed by atoms with E-state index >= 15 is 0 Å². The molecule has 0 radical (unpaired) electrons. The van der Waals surface area contributed by atoms with Crippen LogP contribution in [-0.2, 0) is 10.0 Å². The molecule has 0 aliphatic heterocycles. The van der Waals surface area contributed by atoms with Crippen molar-refractivity contribution < 1.29 is 8.42 Å². The molecule has 1 aromatic rings. The highest BCUT2D eigenvalue weighted by Crippen LogP contribution is 2.24. The molecule has 1 fully saturated rings. The van der Waals surface area contributed by atoms with Crippen LogP contribution in [-0.4, -0.2) is 21.0 Å². The molecule has 96 valence electrons. The molecule has 0 amide bonds. The van der Waals surface area contributed by atoms with E-state index in [1.54, 1.807) is 25.1 Å². The standard InChI is InChI=1S/C13H16N2O2S/c1-10-4-5-11(3-2-8-14)9-13(10)18(16,17)15-12-6-7-12/h4-5,9,12,15H,6-8,14H2,1H3. The molecule has 18 heavy (non-hydrogen) atoms. The first-order valence-corrected chi connectivity index (χ1v) is 7.33. The minimum absolute atomic E-state index is 0.105. The topological polar surface area (TPSA) is 72.2 Å². The molecule has 0 spiro atoms. The second kappa shape index (κ2) is 5.11. The Kier molecular flexibility index (Phi) is 3.71. The molecule has 1 aromatic carbocycles. The molecule has 0 bridgehead atoms. The van der Waals surface area contributed by atoms with E-state index in [0.717, 1.165) is 18.4 Å². The quantitative estimate of drug-likeness (QED) is 0.791. The van der Waals surface area contributed by atoms with Crippen LogP contribution in [0.4, 0.5) is 0 Å². The van der Waals surface area contributed by atoms with Gasteiger partial charge in [0.05, 0.1) is 11.4 Å². The Bertz CT molecular complexity index is 608.